The van der Waals surface area contributed by atoms with Crippen LogP contribution in [0.25, 0.3) is 0 Å². The Labute approximate surface area is 348 Å². The van der Waals surface area contributed by atoms with Crippen LogP contribution in [0.4, 0.5) is 38.9 Å². The Morgan fingerprint density at radius 3 is 2.40 bits per heavy atom. The second-order valence-electron chi connectivity index (χ2n) is 14.1. The smallest absolute Gasteiger partial charge is 0.257 e. The molecule has 5 N–H and O–H groups in total. The Bertz CT molecular complexity index is 2420. The van der Waals surface area contributed by atoms with Crippen molar-refractivity contribution in [1.82, 2.24) is 14.9 Å². The molecule has 1 saturated carbocycles. The van der Waals surface area contributed by atoms with Crippen LogP contribution >= 0.6 is 0 Å². The van der Waals surface area contributed by atoms with Crippen LogP contribution in [0.5, 0.6) is 17.2 Å². The number of rotatable bonds is 17. The number of fused-ring (bicyclic) bond motifs is 1. The third kappa shape index (κ3) is 11.4. The summed E-state index contributed by atoms with van der Waals surface area (Å²) < 4.78 is 60.1. The van der Waals surface area contributed by atoms with Crippen molar-refractivity contribution >= 4 is 56.2 Å². The molecule has 5 aromatic rings. The van der Waals surface area contributed by atoms with Gasteiger partial charge >= 0.3 is 0 Å². The number of methoxy groups -OCH3 is 2. The molecule has 2 amide bonds. The minimum Gasteiger partial charge on any atom is -0.493 e. The zero-order valence-electron chi connectivity index (χ0n) is 33.7. The van der Waals surface area contributed by atoms with Crippen LogP contribution in [0.3, 0.4) is 0 Å². The van der Waals surface area contributed by atoms with Crippen LogP contribution in [0, 0.1) is 11.7 Å². The molecular weight excluding hydrogens is 794 g/mol. The van der Waals surface area contributed by atoms with Gasteiger partial charge in [0.2, 0.25) is 11.9 Å². The van der Waals surface area contributed by atoms with E-state index in [-0.39, 0.29) is 41.8 Å². The minimum atomic E-state index is -3.43. The maximum Gasteiger partial charge on any atom is 0.257 e. The zero-order chi connectivity index (χ0) is 42.8. The average Bonchev–Trinajstić information content (AvgIpc) is 4.02. The fraction of sp³-hybridized carbons (Fsp3) is 0.302. The predicted molar refractivity (Wildman–Crippen MR) is 228 cm³/mol. The molecule has 0 spiro atoms. The molecule has 15 nitrogen and oxygen atoms in total. The number of ether oxygens (including phenoxy) is 4. The monoisotopic (exact) mass is 841 g/mol. The number of nitrogens with two attached hydrogens (primary N) is 1. The summed E-state index contributed by atoms with van der Waals surface area (Å²) in [4.78, 5) is 35.6. The molecule has 1 aromatic heterocycles. The molecule has 60 heavy (non-hydrogen) atoms. The lowest BCUT2D eigenvalue weighted by molar-refractivity contribution is -0.117. The van der Waals surface area contributed by atoms with E-state index in [4.69, 9.17) is 24.7 Å². The van der Waals surface area contributed by atoms with Crippen molar-refractivity contribution in [3.05, 3.63) is 114 Å². The molecule has 1 aliphatic carbocycles. The maximum atomic E-state index is 14.0. The lowest BCUT2D eigenvalue weighted by Crippen LogP contribution is -2.34. The molecule has 2 aliphatic rings. The minimum absolute atomic E-state index is 0.00253. The average molecular weight is 842 g/mol. The number of nitrogens with zero attached hydrogens (tertiary/aromatic N) is 3. The lowest BCUT2D eigenvalue weighted by atomic mass is 10.1. The number of carbonyl (C=O) groups excluding carboxylic acids is 2. The van der Waals surface area contributed by atoms with E-state index >= 15 is 0 Å². The predicted octanol–water partition coefficient (Wildman–Crippen LogP) is 6.89. The number of aromatic nitrogens is 2. The number of sulfone groups is 1. The van der Waals surface area contributed by atoms with Gasteiger partial charge < -0.3 is 45.5 Å². The summed E-state index contributed by atoms with van der Waals surface area (Å²) in [6, 6.07) is 24.1. The van der Waals surface area contributed by atoms with Gasteiger partial charge in [0.05, 0.1) is 49.6 Å². The summed E-state index contributed by atoms with van der Waals surface area (Å²) in [5.41, 5.74) is 9.97. The first kappa shape index (κ1) is 43.1. The van der Waals surface area contributed by atoms with E-state index < -0.39 is 21.7 Å². The fourth-order valence-corrected chi connectivity index (χ4v) is 7.36. The third-order valence-corrected chi connectivity index (χ3v) is 10.4. The largest absolute Gasteiger partial charge is 0.493 e. The number of halogens is 1. The first-order chi connectivity index (χ1) is 28.8. The number of nitrogens with one attached hydrogen (secondary N) is 3. The number of hydrogen-bond donors (Lipinski definition) is 4. The van der Waals surface area contributed by atoms with Crippen molar-refractivity contribution in [1.29, 1.82) is 0 Å². The van der Waals surface area contributed by atoms with Crippen molar-refractivity contribution < 1.29 is 41.3 Å². The number of benzene rings is 4. The van der Waals surface area contributed by atoms with E-state index in [1.807, 2.05) is 37.3 Å². The van der Waals surface area contributed by atoms with E-state index in [1.54, 1.807) is 66.6 Å². The van der Waals surface area contributed by atoms with Gasteiger partial charge in [-0.25, -0.2) is 17.8 Å². The van der Waals surface area contributed by atoms with E-state index in [0.717, 1.165) is 42.3 Å². The number of carbonyl (C=O) groups is 2. The van der Waals surface area contributed by atoms with Crippen LogP contribution in [-0.2, 0) is 25.9 Å². The van der Waals surface area contributed by atoms with Gasteiger partial charge in [-0.15, -0.1) is 0 Å². The Morgan fingerprint density at radius 1 is 0.950 bits per heavy atom. The lowest BCUT2D eigenvalue weighted by Gasteiger charge is -2.28. The second kappa shape index (κ2) is 19.5. The summed E-state index contributed by atoms with van der Waals surface area (Å²) in [5, 5.41) is 8.81. The molecule has 1 atom stereocenters. The highest BCUT2D eigenvalue weighted by Gasteiger charge is 2.38. The van der Waals surface area contributed by atoms with Crippen LogP contribution in [0.15, 0.2) is 91.1 Å². The van der Waals surface area contributed by atoms with Crippen molar-refractivity contribution in [2.45, 2.75) is 32.4 Å². The SMILES string of the molecule is CCOc1cc([C@@H](CS(C)(=O)=O)N2Cc3cccc(NC(=O)C4CC4)c3C2=O)ccc1OC.COCCOc1ccc(Nc2ncc(F)c(Nc3cccc(N)c3)n2)cc1. The second-order valence-corrected chi connectivity index (χ2v) is 16.3. The van der Waals surface area contributed by atoms with Crippen molar-refractivity contribution in [3.63, 3.8) is 0 Å². The first-order valence-corrected chi connectivity index (χ1v) is 21.3. The summed E-state index contributed by atoms with van der Waals surface area (Å²) in [5.74, 6) is 0.854. The normalized spacial score (nSPS) is 13.7. The molecule has 0 bridgehead atoms. The Balaban J connectivity index is 0.000000205. The van der Waals surface area contributed by atoms with Crippen LogP contribution in [-0.4, -0.2) is 81.1 Å². The van der Waals surface area contributed by atoms with Gasteiger partial charge in [0, 0.05) is 42.9 Å². The molecule has 1 fully saturated rings. The third-order valence-electron chi connectivity index (χ3n) is 9.44. The summed E-state index contributed by atoms with van der Waals surface area (Å²) >= 11 is 0. The standard InChI is InChI=1S/C24H28N2O6S.C19H20FN5O2/c1-4-32-21-12-16(10-11-20(21)31-2)19(14-33(3,29)30)26-13-17-6-5-7-18(22(17)24(26)28)25-23(27)15-8-9-15;1-26-9-10-27-16-7-5-14(6-8-16)24-19-22-12-17(20)18(25-19)23-15-4-2-3-13(21)11-15/h5-7,10-12,15,19H,4,8-9,13-14H2,1-3H3,(H,25,27);2-8,11-12H,9-10,21H2,1H3,(H2,22,23,24,25)/t19-;/m1./s1. The summed E-state index contributed by atoms with van der Waals surface area (Å²) in [6.45, 7) is 3.50. The number of amides is 2. The van der Waals surface area contributed by atoms with Crippen LogP contribution in [0.1, 0.15) is 47.3 Å². The van der Waals surface area contributed by atoms with Gasteiger partial charge in [-0.3, -0.25) is 9.59 Å². The molecule has 0 radical (unpaired) electrons. The maximum absolute atomic E-state index is 14.0. The number of hydrogen-bond acceptors (Lipinski definition) is 13. The van der Waals surface area contributed by atoms with E-state index in [9.17, 15) is 22.4 Å². The quantitative estimate of drug-likeness (QED) is 0.0558. The summed E-state index contributed by atoms with van der Waals surface area (Å²) in [6.07, 6.45) is 3.97. The van der Waals surface area contributed by atoms with Crippen molar-refractivity contribution in [2.75, 3.05) is 67.7 Å². The molecule has 4 aromatic carbocycles. The van der Waals surface area contributed by atoms with Crippen LogP contribution in [0.2, 0.25) is 0 Å². The Hall–Kier alpha value is -6.46. The highest BCUT2D eigenvalue weighted by molar-refractivity contribution is 7.90. The number of nitrogen functional groups attached to an aromatic ring is 1. The molecule has 1 aliphatic heterocycles. The molecule has 0 saturated heterocycles. The van der Waals surface area contributed by atoms with Crippen molar-refractivity contribution in [2.24, 2.45) is 5.92 Å². The highest BCUT2D eigenvalue weighted by atomic mass is 32.2. The molecule has 17 heteroatoms. The molecule has 0 unspecified atom stereocenters. The highest BCUT2D eigenvalue weighted by Crippen LogP contribution is 2.39. The molecular formula is C43H48FN7O8S. The Kier molecular flexibility index (Phi) is 14.0. The van der Waals surface area contributed by atoms with Gasteiger partial charge in [0.15, 0.2) is 23.1 Å². The van der Waals surface area contributed by atoms with Gasteiger partial charge in [-0.1, -0.05) is 24.3 Å². The zero-order valence-corrected chi connectivity index (χ0v) is 34.6. The van der Waals surface area contributed by atoms with E-state index in [0.29, 0.717) is 59.5 Å². The molecule has 7 rings (SSSR count). The van der Waals surface area contributed by atoms with Gasteiger partial charge in [0.1, 0.15) is 22.2 Å². The molecule has 2 heterocycles. The Morgan fingerprint density at radius 2 is 1.72 bits per heavy atom. The van der Waals surface area contributed by atoms with E-state index in [2.05, 4.69) is 25.9 Å². The number of anilines is 6. The van der Waals surface area contributed by atoms with Crippen LogP contribution < -0.4 is 35.9 Å². The topological polar surface area (TPSA) is 196 Å². The fourth-order valence-electron chi connectivity index (χ4n) is 6.42. The van der Waals surface area contributed by atoms with E-state index in [1.165, 1.54) is 7.11 Å². The molecule has 316 valence electrons. The summed E-state index contributed by atoms with van der Waals surface area (Å²) in [7, 11) is -0.277. The van der Waals surface area contributed by atoms with Gasteiger partial charge in [-0.2, -0.15) is 4.98 Å². The van der Waals surface area contributed by atoms with Crippen molar-refractivity contribution in [3.8, 4) is 17.2 Å². The van der Waals surface area contributed by atoms with Gasteiger partial charge in [-0.05, 0) is 91.6 Å². The van der Waals surface area contributed by atoms with Gasteiger partial charge in [0.25, 0.3) is 5.91 Å². The first-order valence-electron chi connectivity index (χ1n) is 19.2.